The van der Waals surface area contributed by atoms with Gasteiger partial charge in [0, 0.05) is 12.1 Å². The van der Waals surface area contributed by atoms with E-state index in [-0.39, 0.29) is 0 Å². The molecule has 0 aliphatic carbocycles. The Kier molecular flexibility index (Phi) is 8.05. The summed E-state index contributed by atoms with van der Waals surface area (Å²) in [5.41, 5.74) is 6.39. The van der Waals surface area contributed by atoms with Gasteiger partial charge in [0.25, 0.3) is 0 Å². The number of aryl methyl sites for hydroxylation is 2. The molecule has 0 aromatic heterocycles. The first-order valence-electron chi connectivity index (χ1n) is 10.2. The minimum Gasteiger partial charge on any atom is -0.493 e. The maximum absolute atomic E-state index is 11.8. The summed E-state index contributed by atoms with van der Waals surface area (Å²) in [4.78, 5) is 11.8. The summed E-state index contributed by atoms with van der Waals surface area (Å²) in [6, 6.07) is 22.5. The SMILES string of the molecule is Cc1cc(C)cc(OCCCOc2ccc(/C=N\NC(=O)Nc3ccccc3)cc2)c1. The fourth-order valence-electron chi connectivity index (χ4n) is 2.95. The van der Waals surface area contributed by atoms with Crippen molar-refractivity contribution in [2.24, 2.45) is 5.10 Å². The average molecular weight is 418 g/mol. The van der Waals surface area contributed by atoms with Crippen LogP contribution in [0, 0.1) is 13.8 Å². The zero-order valence-corrected chi connectivity index (χ0v) is 17.8. The average Bonchev–Trinajstić information content (AvgIpc) is 2.74. The summed E-state index contributed by atoms with van der Waals surface area (Å²) < 4.78 is 11.5. The second kappa shape index (κ2) is 11.4. The molecule has 0 aliphatic heterocycles. The van der Waals surface area contributed by atoms with Crippen molar-refractivity contribution in [3.05, 3.63) is 89.5 Å². The van der Waals surface area contributed by atoms with E-state index >= 15 is 0 Å². The van der Waals surface area contributed by atoms with Crippen molar-refractivity contribution in [1.82, 2.24) is 5.43 Å². The molecule has 31 heavy (non-hydrogen) atoms. The van der Waals surface area contributed by atoms with Gasteiger partial charge in [-0.25, -0.2) is 10.2 Å². The number of carbonyl (C=O) groups is 1. The monoisotopic (exact) mass is 417 g/mol. The highest BCUT2D eigenvalue weighted by atomic mass is 16.5. The van der Waals surface area contributed by atoms with Crippen LogP contribution in [0.15, 0.2) is 77.9 Å². The number of anilines is 1. The van der Waals surface area contributed by atoms with Gasteiger partial charge < -0.3 is 14.8 Å². The van der Waals surface area contributed by atoms with E-state index in [1.54, 1.807) is 18.3 Å². The van der Waals surface area contributed by atoms with Crippen molar-refractivity contribution in [2.45, 2.75) is 20.3 Å². The predicted molar refractivity (Wildman–Crippen MR) is 124 cm³/mol. The molecule has 160 valence electrons. The Balaban J connectivity index is 1.35. The molecule has 0 saturated carbocycles. The molecule has 0 atom stereocenters. The molecule has 0 saturated heterocycles. The van der Waals surface area contributed by atoms with Crippen LogP contribution in [0.3, 0.4) is 0 Å². The van der Waals surface area contributed by atoms with Crippen LogP contribution in [0.1, 0.15) is 23.1 Å². The molecule has 0 unspecified atom stereocenters. The minimum atomic E-state index is -0.398. The Labute approximate surface area is 182 Å². The number of amides is 2. The van der Waals surface area contributed by atoms with Crippen LogP contribution in [-0.2, 0) is 0 Å². The molecule has 2 amide bonds. The molecule has 0 aliphatic rings. The lowest BCUT2D eigenvalue weighted by molar-refractivity contribution is 0.247. The van der Waals surface area contributed by atoms with Gasteiger partial charge in [-0.1, -0.05) is 24.3 Å². The molecule has 0 bridgehead atoms. The Bertz CT molecular complexity index is 982. The maximum atomic E-state index is 11.8. The number of benzene rings is 3. The van der Waals surface area contributed by atoms with Gasteiger partial charge in [0.1, 0.15) is 11.5 Å². The van der Waals surface area contributed by atoms with Crippen molar-refractivity contribution in [1.29, 1.82) is 0 Å². The van der Waals surface area contributed by atoms with E-state index in [1.807, 2.05) is 54.6 Å². The second-order valence-corrected chi connectivity index (χ2v) is 7.13. The number of rotatable bonds is 9. The number of nitrogens with zero attached hydrogens (tertiary/aromatic N) is 1. The molecule has 3 aromatic rings. The van der Waals surface area contributed by atoms with E-state index in [2.05, 4.69) is 35.8 Å². The highest BCUT2D eigenvalue weighted by Crippen LogP contribution is 2.16. The molecule has 0 heterocycles. The maximum Gasteiger partial charge on any atom is 0.339 e. The van der Waals surface area contributed by atoms with E-state index < -0.39 is 6.03 Å². The molecule has 3 rings (SSSR count). The van der Waals surface area contributed by atoms with Crippen LogP contribution in [0.5, 0.6) is 11.5 Å². The Hall–Kier alpha value is -3.80. The normalized spacial score (nSPS) is 10.6. The van der Waals surface area contributed by atoms with Gasteiger partial charge in [-0.15, -0.1) is 0 Å². The summed E-state index contributed by atoms with van der Waals surface area (Å²) in [5.74, 6) is 1.67. The van der Waals surface area contributed by atoms with E-state index in [9.17, 15) is 4.79 Å². The Morgan fingerprint density at radius 3 is 2.19 bits per heavy atom. The van der Waals surface area contributed by atoms with Crippen molar-refractivity contribution < 1.29 is 14.3 Å². The quantitative estimate of drug-likeness (QED) is 0.282. The fourth-order valence-corrected chi connectivity index (χ4v) is 2.95. The number of hydrogen-bond donors (Lipinski definition) is 2. The van der Waals surface area contributed by atoms with E-state index in [4.69, 9.17) is 9.47 Å². The molecular weight excluding hydrogens is 390 g/mol. The molecule has 6 nitrogen and oxygen atoms in total. The summed E-state index contributed by atoms with van der Waals surface area (Å²) in [6.45, 7) is 5.30. The van der Waals surface area contributed by atoms with Gasteiger partial charge in [0.15, 0.2) is 0 Å². The van der Waals surface area contributed by atoms with Crippen LogP contribution in [0.4, 0.5) is 10.5 Å². The number of nitrogens with one attached hydrogen (secondary N) is 2. The number of para-hydroxylation sites is 1. The molecule has 0 spiro atoms. The van der Waals surface area contributed by atoms with Crippen molar-refractivity contribution >= 4 is 17.9 Å². The summed E-state index contributed by atoms with van der Waals surface area (Å²) in [5, 5.41) is 6.64. The predicted octanol–water partition coefficient (Wildman–Crippen LogP) is 5.31. The van der Waals surface area contributed by atoms with E-state index in [0.29, 0.717) is 18.9 Å². The number of ether oxygens (including phenoxy) is 2. The third kappa shape index (κ3) is 7.85. The van der Waals surface area contributed by atoms with Crippen LogP contribution in [0.2, 0.25) is 0 Å². The number of carbonyl (C=O) groups excluding carboxylic acids is 1. The zero-order valence-electron chi connectivity index (χ0n) is 17.8. The largest absolute Gasteiger partial charge is 0.493 e. The van der Waals surface area contributed by atoms with Gasteiger partial charge in [-0.05, 0) is 79.1 Å². The first-order chi connectivity index (χ1) is 15.1. The lowest BCUT2D eigenvalue weighted by Gasteiger charge is -2.09. The molecule has 0 radical (unpaired) electrons. The van der Waals surface area contributed by atoms with Crippen molar-refractivity contribution in [3.63, 3.8) is 0 Å². The van der Waals surface area contributed by atoms with Crippen LogP contribution in [0.25, 0.3) is 0 Å². The zero-order chi connectivity index (χ0) is 21.9. The van der Waals surface area contributed by atoms with E-state index in [0.717, 1.165) is 23.5 Å². The topological polar surface area (TPSA) is 72.0 Å². The van der Waals surface area contributed by atoms with Crippen LogP contribution < -0.4 is 20.2 Å². The lowest BCUT2D eigenvalue weighted by Crippen LogP contribution is -2.24. The highest BCUT2D eigenvalue weighted by Gasteiger charge is 2.00. The van der Waals surface area contributed by atoms with Crippen LogP contribution >= 0.6 is 0 Å². The lowest BCUT2D eigenvalue weighted by atomic mass is 10.1. The van der Waals surface area contributed by atoms with Crippen LogP contribution in [-0.4, -0.2) is 25.5 Å². The molecule has 0 fully saturated rings. The van der Waals surface area contributed by atoms with Gasteiger partial charge in [-0.3, -0.25) is 0 Å². The van der Waals surface area contributed by atoms with Crippen molar-refractivity contribution in [3.8, 4) is 11.5 Å². The highest BCUT2D eigenvalue weighted by molar-refractivity contribution is 5.90. The molecule has 6 heteroatoms. The smallest absolute Gasteiger partial charge is 0.339 e. The summed E-state index contributed by atoms with van der Waals surface area (Å²) in [6.07, 6.45) is 2.36. The Morgan fingerprint density at radius 1 is 0.871 bits per heavy atom. The number of urea groups is 1. The number of hydrazone groups is 1. The van der Waals surface area contributed by atoms with E-state index in [1.165, 1.54) is 11.1 Å². The fraction of sp³-hybridized carbons (Fsp3) is 0.200. The van der Waals surface area contributed by atoms with Gasteiger partial charge in [-0.2, -0.15) is 5.10 Å². The van der Waals surface area contributed by atoms with Gasteiger partial charge >= 0.3 is 6.03 Å². The first-order valence-corrected chi connectivity index (χ1v) is 10.2. The molecular formula is C25H27N3O3. The third-order valence-corrected chi connectivity index (χ3v) is 4.31. The molecule has 2 N–H and O–H groups in total. The summed E-state index contributed by atoms with van der Waals surface area (Å²) in [7, 11) is 0. The summed E-state index contributed by atoms with van der Waals surface area (Å²) >= 11 is 0. The standard InChI is InChI=1S/C25H27N3O3/c1-19-15-20(2)17-24(16-19)31-14-6-13-30-23-11-9-21(10-12-23)18-26-28-25(29)27-22-7-4-3-5-8-22/h3-5,7-12,15-18H,6,13-14H2,1-2H3,(H2,27,28,29)/b26-18-. The Morgan fingerprint density at radius 2 is 1.52 bits per heavy atom. The first kappa shape index (κ1) is 21.9. The third-order valence-electron chi connectivity index (χ3n) is 4.31. The minimum absolute atomic E-state index is 0.398. The van der Waals surface area contributed by atoms with Crippen molar-refractivity contribution in [2.75, 3.05) is 18.5 Å². The molecule has 3 aromatic carbocycles. The second-order valence-electron chi connectivity index (χ2n) is 7.13. The van der Waals surface area contributed by atoms with Gasteiger partial charge in [0.05, 0.1) is 19.4 Å². The number of hydrogen-bond acceptors (Lipinski definition) is 4. The van der Waals surface area contributed by atoms with Gasteiger partial charge in [0.2, 0.25) is 0 Å².